The first-order valence-corrected chi connectivity index (χ1v) is 9.14. The van der Waals surface area contributed by atoms with Gasteiger partial charge >= 0.3 is 0 Å². The quantitative estimate of drug-likeness (QED) is 0.670. The minimum Gasteiger partial charge on any atom is -0.323 e. The van der Waals surface area contributed by atoms with Gasteiger partial charge in [-0.1, -0.05) is 48.2 Å². The maximum Gasteiger partial charge on any atom is 0.234 e. The van der Waals surface area contributed by atoms with Crippen LogP contribution in [0.5, 0.6) is 0 Å². The number of hydrogen-bond donors (Lipinski definition) is 1. The maximum atomic E-state index is 13.8. The van der Waals surface area contributed by atoms with E-state index in [0.717, 1.165) is 17.0 Å². The number of carbonyl (C=O) groups is 1. The molecule has 0 radical (unpaired) electrons. The van der Waals surface area contributed by atoms with Crippen LogP contribution in [0.1, 0.15) is 17.0 Å². The van der Waals surface area contributed by atoms with Gasteiger partial charge in [-0.2, -0.15) is 0 Å². The molecule has 0 saturated heterocycles. The van der Waals surface area contributed by atoms with Crippen molar-refractivity contribution in [3.63, 3.8) is 0 Å². The van der Waals surface area contributed by atoms with Gasteiger partial charge < -0.3 is 9.88 Å². The molecule has 1 amide bonds. The van der Waals surface area contributed by atoms with E-state index in [-0.39, 0.29) is 17.3 Å². The molecule has 0 aliphatic rings. The highest BCUT2D eigenvalue weighted by Crippen LogP contribution is 2.20. The largest absolute Gasteiger partial charge is 0.323 e. The van der Waals surface area contributed by atoms with Gasteiger partial charge in [-0.25, -0.2) is 4.39 Å². The third-order valence-corrected chi connectivity index (χ3v) is 4.78. The average Bonchev–Trinajstić information content (AvgIpc) is 2.97. The lowest BCUT2D eigenvalue weighted by atomic mass is 10.2. The Balaban J connectivity index is 1.63. The van der Waals surface area contributed by atoms with Gasteiger partial charge in [-0.3, -0.25) is 4.79 Å². The number of carbonyl (C=O) groups excluding carboxylic acids is 1. The van der Waals surface area contributed by atoms with Gasteiger partial charge in [0.15, 0.2) is 5.16 Å². The number of rotatable bonds is 6. The van der Waals surface area contributed by atoms with E-state index in [1.807, 2.05) is 41.8 Å². The Hall–Kier alpha value is -2.67. The highest BCUT2D eigenvalue weighted by molar-refractivity contribution is 7.99. The Morgan fingerprint density at radius 2 is 1.92 bits per heavy atom. The van der Waals surface area contributed by atoms with E-state index >= 15 is 0 Å². The normalized spacial score (nSPS) is 10.7. The number of benzene rings is 2. The molecule has 0 fully saturated rings. The summed E-state index contributed by atoms with van der Waals surface area (Å²) in [5, 5.41) is 11.5. The minimum absolute atomic E-state index is 0.125. The third-order valence-electron chi connectivity index (χ3n) is 3.82. The SMILES string of the molecule is Cc1ccc(NC(=O)CSc2nnc(C)n2Cc2ccccc2)c(F)c1. The summed E-state index contributed by atoms with van der Waals surface area (Å²) in [6.07, 6.45) is 0. The van der Waals surface area contributed by atoms with Crippen molar-refractivity contribution in [1.82, 2.24) is 14.8 Å². The summed E-state index contributed by atoms with van der Waals surface area (Å²) < 4.78 is 15.8. The molecule has 1 aromatic heterocycles. The van der Waals surface area contributed by atoms with Gasteiger partial charge in [-0.05, 0) is 37.1 Å². The van der Waals surface area contributed by atoms with Crippen LogP contribution in [0.25, 0.3) is 0 Å². The van der Waals surface area contributed by atoms with E-state index in [0.29, 0.717) is 11.7 Å². The van der Waals surface area contributed by atoms with E-state index < -0.39 is 5.82 Å². The van der Waals surface area contributed by atoms with E-state index in [2.05, 4.69) is 15.5 Å². The molecular weight excluding hydrogens is 351 g/mol. The molecule has 0 bridgehead atoms. The lowest BCUT2D eigenvalue weighted by Crippen LogP contribution is -2.16. The van der Waals surface area contributed by atoms with E-state index in [1.165, 1.54) is 17.8 Å². The molecular formula is C19H19FN4OS. The molecule has 0 aliphatic heterocycles. The monoisotopic (exact) mass is 370 g/mol. The fourth-order valence-electron chi connectivity index (χ4n) is 2.45. The second-order valence-corrected chi connectivity index (χ2v) is 6.86. The molecule has 0 spiro atoms. The van der Waals surface area contributed by atoms with E-state index in [9.17, 15) is 9.18 Å². The zero-order valence-corrected chi connectivity index (χ0v) is 15.4. The van der Waals surface area contributed by atoms with Gasteiger partial charge in [0.2, 0.25) is 5.91 Å². The number of anilines is 1. The Bertz CT molecular complexity index is 911. The number of thioether (sulfide) groups is 1. The number of nitrogens with zero attached hydrogens (tertiary/aromatic N) is 3. The van der Waals surface area contributed by atoms with Crippen LogP contribution < -0.4 is 5.32 Å². The first-order chi connectivity index (χ1) is 12.5. The lowest BCUT2D eigenvalue weighted by molar-refractivity contribution is -0.113. The topological polar surface area (TPSA) is 59.8 Å². The summed E-state index contributed by atoms with van der Waals surface area (Å²) in [5.41, 5.74) is 2.12. The van der Waals surface area contributed by atoms with Crippen LogP contribution in [0.4, 0.5) is 10.1 Å². The first kappa shape index (κ1) is 18.1. The number of halogens is 1. The number of nitrogens with one attached hydrogen (secondary N) is 1. The molecule has 134 valence electrons. The minimum atomic E-state index is -0.438. The second-order valence-electron chi connectivity index (χ2n) is 5.92. The molecule has 0 atom stereocenters. The van der Waals surface area contributed by atoms with Crippen molar-refractivity contribution in [2.75, 3.05) is 11.1 Å². The smallest absolute Gasteiger partial charge is 0.234 e. The van der Waals surface area contributed by atoms with Crippen LogP contribution in [0.15, 0.2) is 53.7 Å². The molecule has 1 N–H and O–H groups in total. The van der Waals surface area contributed by atoms with Crippen molar-refractivity contribution in [3.8, 4) is 0 Å². The molecule has 0 unspecified atom stereocenters. The predicted octanol–water partition coefficient (Wildman–Crippen LogP) is 3.81. The number of aromatic nitrogens is 3. The van der Waals surface area contributed by atoms with Gasteiger partial charge in [0, 0.05) is 0 Å². The molecule has 1 heterocycles. The van der Waals surface area contributed by atoms with Gasteiger partial charge in [0.1, 0.15) is 11.6 Å². The summed E-state index contributed by atoms with van der Waals surface area (Å²) in [5.74, 6) is 0.178. The van der Waals surface area contributed by atoms with Gasteiger partial charge in [0.05, 0.1) is 18.0 Å². The Kier molecular flexibility index (Phi) is 5.68. The summed E-state index contributed by atoms with van der Waals surface area (Å²) in [6.45, 7) is 4.31. The maximum absolute atomic E-state index is 13.8. The fraction of sp³-hybridized carbons (Fsp3) is 0.211. The Morgan fingerprint density at radius 1 is 1.15 bits per heavy atom. The van der Waals surface area contributed by atoms with Crippen LogP contribution in [-0.2, 0) is 11.3 Å². The van der Waals surface area contributed by atoms with E-state index in [1.54, 1.807) is 19.1 Å². The molecule has 26 heavy (non-hydrogen) atoms. The van der Waals surface area contributed by atoms with Crippen LogP contribution in [0.2, 0.25) is 0 Å². The number of amides is 1. The average molecular weight is 370 g/mol. The lowest BCUT2D eigenvalue weighted by Gasteiger charge is -2.09. The molecule has 7 heteroatoms. The highest BCUT2D eigenvalue weighted by Gasteiger charge is 2.13. The standard InChI is InChI=1S/C19H19FN4OS/c1-13-8-9-17(16(20)10-13)21-18(25)12-26-19-23-22-14(2)24(19)11-15-6-4-3-5-7-15/h3-10H,11-12H2,1-2H3,(H,21,25). The van der Waals surface area contributed by atoms with Crippen molar-refractivity contribution in [2.24, 2.45) is 0 Å². The van der Waals surface area contributed by atoms with Crippen molar-refractivity contribution in [1.29, 1.82) is 0 Å². The van der Waals surface area contributed by atoms with E-state index in [4.69, 9.17) is 0 Å². The molecule has 3 aromatic rings. The number of aryl methyl sites for hydroxylation is 2. The predicted molar refractivity (Wildman–Crippen MR) is 101 cm³/mol. The summed E-state index contributed by atoms with van der Waals surface area (Å²) in [4.78, 5) is 12.1. The Morgan fingerprint density at radius 3 is 2.65 bits per heavy atom. The van der Waals surface area contributed by atoms with Crippen molar-refractivity contribution in [3.05, 3.63) is 71.3 Å². The van der Waals surface area contributed by atoms with Crippen molar-refractivity contribution < 1.29 is 9.18 Å². The third kappa shape index (κ3) is 4.49. The zero-order valence-electron chi connectivity index (χ0n) is 14.6. The Labute approximate surface area is 155 Å². The molecule has 2 aromatic carbocycles. The van der Waals surface area contributed by atoms with Crippen LogP contribution in [0, 0.1) is 19.7 Å². The zero-order chi connectivity index (χ0) is 18.5. The summed E-state index contributed by atoms with van der Waals surface area (Å²) in [7, 11) is 0. The molecule has 0 aliphatic carbocycles. The van der Waals surface area contributed by atoms with Crippen molar-refractivity contribution in [2.45, 2.75) is 25.5 Å². The molecule has 0 saturated carbocycles. The van der Waals surface area contributed by atoms with Gasteiger partial charge in [-0.15, -0.1) is 10.2 Å². The van der Waals surface area contributed by atoms with Crippen LogP contribution >= 0.6 is 11.8 Å². The first-order valence-electron chi connectivity index (χ1n) is 8.15. The summed E-state index contributed by atoms with van der Waals surface area (Å²) >= 11 is 1.28. The fourth-order valence-corrected chi connectivity index (χ4v) is 3.24. The van der Waals surface area contributed by atoms with Gasteiger partial charge in [0.25, 0.3) is 0 Å². The number of hydrogen-bond acceptors (Lipinski definition) is 4. The molecule has 5 nitrogen and oxygen atoms in total. The molecule has 3 rings (SSSR count). The highest BCUT2D eigenvalue weighted by atomic mass is 32.2. The second kappa shape index (κ2) is 8.14. The summed E-state index contributed by atoms with van der Waals surface area (Å²) in [6, 6.07) is 14.7. The van der Waals surface area contributed by atoms with Crippen LogP contribution in [0.3, 0.4) is 0 Å². The van der Waals surface area contributed by atoms with Crippen molar-refractivity contribution >= 4 is 23.4 Å². The van der Waals surface area contributed by atoms with Crippen LogP contribution in [-0.4, -0.2) is 26.4 Å².